The first-order valence-corrected chi connectivity index (χ1v) is 11.5. The molecular weight excluding hydrogens is 410 g/mol. The van der Waals surface area contributed by atoms with Gasteiger partial charge in [-0.15, -0.1) is 0 Å². The van der Waals surface area contributed by atoms with Crippen LogP contribution < -0.4 is 20.3 Å². The van der Waals surface area contributed by atoms with Crippen molar-refractivity contribution >= 4 is 38.4 Å². The highest BCUT2D eigenvalue weighted by Gasteiger charge is 2.19. The van der Waals surface area contributed by atoms with Crippen LogP contribution in [-0.4, -0.2) is 41.6 Å². The molecule has 0 radical (unpaired) electrons. The Hall–Kier alpha value is -3.13. The highest BCUT2D eigenvalue weighted by Crippen LogP contribution is 2.34. The van der Waals surface area contributed by atoms with E-state index in [0.29, 0.717) is 24.9 Å². The van der Waals surface area contributed by atoms with E-state index in [1.54, 1.807) is 17.5 Å². The Morgan fingerprint density at radius 2 is 2.13 bits per heavy atom. The van der Waals surface area contributed by atoms with Crippen LogP contribution in [0.1, 0.15) is 25.7 Å². The highest BCUT2D eigenvalue weighted by atomic mass is 32.1. The number of thiazole rings is 1. The van der Waals surface area contributed by atoms with Gasteiger partial charge in [0.25, 0.3) is 0 Å². The monoisotopic (exact) mass is 435 g/mol. The van der Waals surface area contributed by atoms with Gasteiger partial charge in [0.05, 0.1) is 16.8 Å². The second-order valence-electron chi connectivity index (χ2n) is 7.97. The molecule has 1 saturated heterocycles. The number of rotatable bonds is 5. The Bertz CT molecular complexity index is 1130. The van der Waals surface area contributed by atoms with Gasteiger partial charge >= 0.3 is 0 Å². The van der Waals surface area contributed by atoms with Crippen molar-refractivity contribution < 1.29 is 9.53 Å². The number of pyridine rings is 1. The third-order valence-electron chi connectivity index (χ3n) is 5.71. The van der Waals surface area contributed by atoms with Gasteiger partial charge in [0, 0.05) is 37.5 Å². The van der Waals surface area contributed by atoms with Gasteiger partial charge in [0.15, 0.2) is 5.13 Å². The Labute approximate surface area is 185 Å². The third kappa shape index (κ3) is 4.49. The first-order valence-electron chi connectivity index (χ1n) is 10.6. The largest absolute Gasteiger partial charge is 0.457 e. The molecule has 2 aromatic heterocycles. The van der Waals surface area contributed by atoms with Crippen molar-refractivity contribution in [1.82, 2.24) is 15.3 Å². The molecule has 2 N–H and O–H groups in total. The van der Waals surface area contributed by atoms with Gasteiger partial charge in [0.2, 0.25) is 5.91 Å². The van der Waals surface area contributed by atoms with E-state index in [1.165, 1.54) is 18.4 Å². The van der Waals surface area contributed by atoms with Crippen molar-refractivity contribution in [2.45, 2.75) is 31.7 Å². The molecule has 1 amide bonds. The van der Waals surface area contributed by atoms with E-state index < -0.39 is 0 Å². The number of fused-ring (bicyclic) bond motifs is 1. The van der Waals surface area contributed by atoms with Crippen molar-refractivity contribution in [3.8, 4) is 11.5 Å². The molecule has 1 aliphatic heterocycles. The molecule has 8 heteroatoms. The van der Waals surface area contributed by atoms with Gasteiger partial charge in [-0.05, 0) is 37.5 Å². The van der Waals surface area contributed by atoms with Crippen LogP contribution in [-0.2, 0) is 4.79 Å². The minimum absolute atomic E-state index is 0.0104. The number of nitrogens with zero attached hydrogens (tertiary/aromatic N) is 3. The van der Waals surface area contributed by atoms with E-state index in [9.17, 15) is 4.79 Å². The summed E-state index contributed by atoms with van der Waals surface area (Å²) in [5.74, 6) is 2.19. The molecule has 160 valence electrons. The number of ether oxygens (including phenoxy) is 1. The molecule has 3 aromatic rings. The van der Waals surface area contributed by atoms with E-state index in [-0.39, 0.29) is 5.91 Å². The van der Waals surface area contributed by atoms with E-state index in [0.717, 1.165) is 46.3 Å². The molecule has 2 fully saturated rings. The number of benzene rings is 1. The number of piperazine rings is 1. The van der Waals surface area contributed by atoms with E-state index in [2.05, 4.69) is 22.2 Å². The molecule has 1 saturated carbocycles. The van der Waals surface area contributed by atoms with Gasteiger partial charge in [-0.3, -0.25) is 4.79 Å². The quantitative estimate of drug-likeness (QED) is 0.581. The van der Waals surface area contributed by atoms with Crippen LogP contribution >= 0.6 is 11.3 Å². The van der Waals surface area contributed by atoms with Crippen LogP contribution in [0.3, 0.4) is 0 Å². The fourth-order valence-corrected chi connectivity index (χ4v) is 4.99. The Morgan fingerprint density at radius 3 is 3.00 bits per heavy atom. The summed E-state index contributed by atoms with van der Waals surface area (Å²) < 4.78 is 7.17. The summed E-state index contributed by atoms with van der Waals surface area (Å²) in [4.78, 5) is 22.7. The predicted molar refractivity (Wildman–Crippen MR) is 124 cm³/mol. The second kappa shape index (κ2) is 8.55. The smallest absolute Gasteiger partial charge is 0.239 e. The molecule has 0 unspecified atom stereocenters. The molecule has 1 aromatic carbocycles. The summed E-state index contributed by atoms with van der Waals surface area (Å²) in [5, 5.41) is 7.31. The van der Waals surface area contributed by atoms with Crippen LogP contribution in [0.2, 0.25) is 0 Å². The molecule has 7 nitrogen and oxygen atoms in total. The Morgan fingerprint density at radius 1 is 1.23 bits per heavy atom. The lowest BCUT2D eigenvalue weighted by Crippen LogP contribution is -2.48. The molecule has 1 atom stereocenters. The number of anilines is 2. The van der Waals surface area contributed by atoms with Crippen molar-refractivity contribution in [1.29, 1.82) is 0 Å². The normalized spacial score (nSPS) is 19.4. The van der Waals surface area contributed by atoms with E-state index in [4.69, 9.17) is 9.72 Å². The van der Waals surface area contributed by atoms with Crippen molar-refractivity contribution in [2.24, 2.45) is 0 Å². The average Bonchev–Trinajstić information content (AvgIpc) is 3.17. The zero-order valence-corrected chi connectivity index (χ0v) is 18.1. The SMILES string of the molecule is C=C1CCCC[C@H]1Nc1nc2ccc(Oc3ccnc(N4CCNC(=O)C4)c3)cc2s1. The summed E-state index contributed by atoms with van der Waals surface area (Å²) in [5.41, 5.74) is 2.23. The number of carbonyl (C=O) groups is 1. The summed E-state index contributed by atoms with van der Waals surface area (Å²) in [6.45, 7) is 5.88. The number of amides is 1. The molecule has 31 heavy (non-hydrogen) atoms. The van der Waals surface area contributed by atoms with Gasteiger partial charge in [0.1, 0.15) is 17.3 Å². The molecule has 1 aliphatic carbocycles. The molecule has 5 rings (SSSR count). The standard InChI is InChI=1S/C23H25N5O2S/c1-15-4-2-3-5-18(15)26-23-27-19-7-6-16(12-20(19)31-23)30-17-8-9-24-21(13-17)28-11-10-25-22(29)14-28/h6-9,12-13,18H,1-5,10-11,14H2,(H,25,29)(H,26,27)/t18-/m1/s1. The summed E-state index contributed by atoms with van der Waals surface area (Å²) in [6, 6.07) is 9.95. The number of nitrogens with one attached hydrogen (secondary N) is 2. The van der Waals surface area contributed by atoms with Gasteiger partial charge in [-0.2, -0.15) is 0 Å². The number of hydrogen-bond acceptors (Lipinski definition) is 7. The molecule has 3 heterocycles. The first kappa shape index (κ1) is 19.8. The maximum atomic E-state index is 11.7. The average molecular weight is 436 g/mol. The maximum Gasteiger partial charge on any atom is 0.239 e. The van der Waals surface area contributed by atoms with Crippen LogP contribution in [0.25, 0.3) is 10.2 Å². The Kier molecular flexibility index (Phi) is 5.46. The Balaban J connectivity index is 1.31. The fourth-order valence-electron chi connectivity index (χ4n) is 4.04. The zero-order valence-electron chi connectivity index (χ0n) is 17.3. The zero-order chi connectivity index (χ0) is 21.2. The lowest BCUT2D eigenvalue weighted by atomic mass is 9.91. The molecule has 2 aliphatic rings. The predicted octanol–water partition coefficient (Wildman–Crippen LogP) is 4.33. The van der Waals surface area contributed by atoms with Gasteiger partial charge in [-0.1, -0.05) is 29.9 Å². The third-order valence-corrected chi connectivity index (χ3v) is 6.66. The summed E-state index contributed by atoms with van der Waals surface area (Å²) in [7, 11) is 0. The molecular formula is C23H25N5O2S. The lowest BCUT2D eigenvalue weighted by molar-refractivity contribution is -0.120. The number of hydrogen-bond donors (Lipinski definition) is 2. The van der Waals surface area contributed by atoms with E-state index in [1.807, 2.05) is 35.2 Å². The topological polar surface area (TPSA) is 79.4 Å². The van der Waals surface area contributed by atoms with Crippen molar-refractivity contribution in [3.63, 3.8) is 0 Å². The van der Waals surface area contributed by atoms with Gasteiger partial charge in [-0.25, -0.2) is 9.97 Å². The number of aromatic nitrogens is 2. The van der Waals surface area contributed by atoms with Gasteiger partial charge < -0.3 is 20.3 Å². The van der Waals surface area contributed by atoms with Crippen LogP contribution in [0.15, 0.2) is 48.7 Å². The minimum Gasteiger partial charge on any atom is -0.457 e. The maximum absolute atomic E-state index is 11.7. The first-order chi connectivity index (χ1) is 15.1. The molecule has 0 bridgehead atoms. The van der Waals surface area contributed by atoms with Crippen LogP contribution in [0, 0.1) is 0 Å². The second-order valence-corrected chi connectivity index (χ2v) is 9.00. The fraction of sp³-hybridized carbons (Fsp3) is 0.348. The summed E-state index contributed by atoms with van der Waals surface area (Å²) >= 11 is 1.64. The van der Waals surface area contributed by atoms with E-state index >= 15 is 0 Å². The van der Waals surface area contributed by atoms with Crippen LogP contribution in [0.5, 0.6) is 11.5 Å². The summed E-state index contributed by atoms with van der Waals surface area (Å²) in [6.07, 6.45) is 6.39. The van der Waals surface area contributed by atoms with Crippen molar-refractivity contribution in [3.05, 3.63) is 48.7 Å². The molecule has 0 spiro atoms. The number of carbonyl (C=O) groups excluding carboxylic acids is 1. The lowest BCUT2D eigenvalue weighted by Gasteiger charge is -2.27. The van der Waals surface area contributed by atoms with Crippen molar-refractivity contribution in [2.75, 3.05) is 29.9 Å². The minimum atomic E-state index is 0.0104. The van der Waals surface area contributed by atoms with Crippen LogP contribution in [0.4, 0.5) is 10.9 Å². The highest BCUT2D eigenvalue weighted by molar-refractivity contribution is 7.22.